The zero-order valence-electron chi connectivity index (χ0n) is 14.6. The van der Waals surface area contributed by atoms with E-state index in [-0.39, 0.29) is 0 Å². The Bertz CT molecular complexity index is 770. The van der Waals surface area contributed by atoms with Gasteiger partial charge in [0.2, 0.25) is 0 Å². The Morgan fingerprint density at radius 3 is 2.81 bits per heavy atom. The lowest BCUT2D eigenvalue weighted by Gasteiger charge is -2.26. The van der Waals surface area contributed by atoms with Crippen LogP contribution in [0.25, 0.3) is 0 Å². The summed E-state index contributed by atoms with van der Waals surface area (Å²) in [5.41, 5.74) is 2.33. The number of halogens is 1. The summed E-state index contributed by atoms with van der Waals surface area (Å²) >= 11 is 6.04. The first-order chi connectivity index (χ1) is 12.8. The average molecular weight is 372 g/mol. The van der Waals surface area contributed by atoms with E-state index in [9.17, 15) is 5.26 Å². The summed E-state index contributed by atoms with van der Waals surface area (Å²) in [6, 6.07) is 15.3. The van der Waals surface area contributed by atoms with Gasteiger partial charge in [-0.15, -0.1) is 0 Å². The molecule has 0 radical (unpaired) electrons. The highest BCUT2D eigenvalue weighted by atomic mass is 35.5. The Balaban J connectivity index is 1.58. The van der Waals surface area contributed by atoms with Gasteiger partial charge in [0.05, 0.1) is 24.5 Å². The highest BCUT2D eigenvalue weighted by Gasteiger charge is 2.11. The molecule has 1 heterocycles. The molecular formula is C20H22ClN3O2. The Kier molecular flexibility index (Phi) is 6.73. The van der Waals surface area contributed by atoms with Crippen molar-refractivity contribution >= 4 is 17.3 Å². The smallest absolute Gasteiger partial charge is 0.124 e. The molecule has 26 heavy (non-hydrogen) atoms. The molecule has 136 valence electrons. The summed E-state index contributed by atoms with van der Waals surface area (Å²) < 4.78 is 11.4. The molecule has 0 aromatic heterocycles. The monoisotopic (exact) mass is 371 g/mol. The molecule has 5 nitrogen and oxygen atoms in total. The summed E-state index contributed by atoms with van der Waals surface area (Å²) in [6.07, 6.45) is 0. The fourth-order valence-corrected chi connectivity index (χ4v) is 3.02. The molecule has 0 amide bonds. The number of hydrogen-bond acceptors (Lipinski definition) is 5. The Hall–Kier alpha value is -2.26. The van der Waals surface area contributed by atoms with Crippen molar-refractivity contribution in [3.8, 4) is 11.8 Å². The van der Waals surface area contributed by atoms with Crippen molar-refractivity contribution in [2.45, 2.75) is 6.54 Å². The molecule has 1 aliphatic heterocycles. The molecule has 3 rings (SSSR count). The molecule has 0 spiro atoms. The minimum atomic E-state index is 0.558. The van der Waals surface area contributed by atoms with E-state index in [1.807, 2.05) is 24.3 Å². The minimum absolute atomic E-state index is 0.558. The normalized spacial score (nSPS) is 14.6. The van der Waals surface area contributed by atoms with E-state index in [1.54, 1.807) is 18.2 Å². The number of nitrogens with one attached hydrogen (secondary N) is 1. The van der Waals surface area contributed by atoms with Crippen LogP contribution >= 0.6 is 11.6 Å². The fourth-order valence-electron chi connectivity index (χ4n) is 2.85. The second kappa shape index (κ2) is 9.44. The van der Waals surface area contributed by atoms with Crippen LogP contribution < -0.4 is 10.1 Å². The Morgan fingerprint density at radius 2 is 2.00 bits per heavy atom. The number of anilines is 1. The number of hydrogen-bond donors (Lipinski definition) is 1. The van der Waals surface area contributed by atoms with Gasteiger partial charge < -0.3 is 14.8 Å². The third kappa shape index (κ3) is 5.12. The number of benzene rings is 2. The maximum atomic E-state index is 9.23. The van der Waals surface area contributed by atoms with Gasteiger partial charge in [-0.3, -0.25) is 4.90 Å². The van der Waals surface area contributed by atoms with Gasteiger partial charge in [-0.05, 0) is 24.3 Å². The van der Waals surface area contributed by atoms with Crippen LogP contribution in [-0.4, -0.2) is 44.4 Å². The fraction of sp³-hybridized carbons (Fsp3) is 0.350. The van der Waals surface area contributed by atoms with E-state index in [1.165, 1.54) is 0 Å². The lowest BCUT2D eigenvalue weighted by atomic mass is 10.1. The first kappa shape index (κ1) is 18.5. The lowest BCUT2D eigenvalue weighted by molar-refractivity contribution is 0.0322. The molecule has 1 saturated heterocycles. The van der Waals surface area contributed by atoms with Gasteiger partial charge >= 0.3 is 0 Å². The number of rotatable bonds is 7. The number of morpholine rings is 1. The van der Waals surface area contributed by atoms with Gasteiger partial charge in [0, 0.05) is 36.8 Å². The number of nitriles is 1. The quantitative estimate of drug-likeness (QED) is 0.806. The van der Waals surface area contributed by atoms with Crippen molar-refractivity contribution < 1.29 is 9.47 Å². The summed E-state index contributed by atoms with van der Waals surface area (Å²) in [6.45, 7) is 5.58. The topological polar surface area (TPSA) is 57.5 Å². The number of ether oxygens (including phenoxy) is 2. The van der Waals surface area contributed by atoms with Crippen molar-refractivity contribution in [1.82, 2.24) is 4.90 Å². The van der Waals surface area contributed by atoms with Crippen molar-refractivity contribution in [3.63, 3.8) is 0 Å². The van der Waals surface area contributed by atoms with Crippen LogP contribution in [0.3, 0.4) is 0 Å². The molecule has 1 aliphatic rings. The van der Waals surface area contributed by atoms with E-state index >= 15 is 0 Å². The zero-order valence-corrected chi connectivity index (χ0v) is 15.3. The van der Waals surface area contributed by atoms with Crippen LogP contribution in [0.1, 0.15) is 11.1 Å². The minimum Gasteiger partial charge on any atom is -0.492 e. The number of nitrogens with zero attached hydrogens (tertiary/aromatic N) is 2. The van der Waals surface area contributed by atoms with Gasteiger partial charge in [0.1, 0.15) is 18.4 Å². The van der Waals surface area contributed by atoms with E-state index in [4.69, 9.17) is 21.1 Å². The predicted molar refractivity (Wildman–Crippen MR) is 103 cm³/mol. The van der Waals surface area contributed by atoms with E-state index in [0.717, 1.165) is 49.8 Å². The van der Waals surface area contributed by atoms with Crippen LogP contribution in [-0.2, 0) is 11.3 Å². The van der Waals surface area contributed by atoms with Crippen molar-refractivity contribution in [3.05, 3.63) is 58.6 Å². The maximum Gasteiger partial charge on any atom is 0.124 e. The first-order valence-electron chi connectivity index (χ1n) is 8.70. The molecule has 2 aromatic rings. The SMILES string of the molecule is N#Cc1ccc(Cl)cc1NCc1ccccc1OCCN1CCOCC1. The van der Waals surface area contributed by atoms with Crippen LogP contribution in [0, 0.1) is 11.3 Å². The van der Waals surface area contributed by atoms with Gasteiger partial charge in [0.25, 0.3) is 0 Å². The second-order valence-corrected chi connectivity index (χ2v) is 6.50. The van der Waals surface area contributed by atoms with E-state index in [2.05, 4.69) is 16.3 Å². The standard InChI is InChI=1S/C20H22ClN3O2/c21-18-6-5-16(14-22)19(13-18)23-15-17-3-1-2-4-20(17)26-12-9-24-7-10-25-11-8-24/h1-6,13,23H,7-12,15H2. The van der Waals surface area contributed by atoms with Crippen LogP contribution in [0.4, 0.5) is 5.69 Å². The molecular weight excluding hydrogens is 350 g/mol. The summed E-state index contributed by atoms with van der Waals surface area (Å²) in [4.78, 5) is 2.34. The van der Waals surface area contributed by atoms with E-state index in [0.29, 0.717) is 23.7 Å². The Labute approximate surface area is 159 Å². The first-order valence-corrected chi connectivity index (χ1v) is 9.08. The van der Waals surface area contributed by atoms with Crippen LogP contribution in [0.15, 0.2) is 42.5 Å². The molecule has 0 saturated carbocycles. The largest absolute Gasteiger partial charge is 0.492 e. The molecule has 0 bridgehead atoms. The van der Waals surface area contributed by atoms with Crippen LogP contribution in [0.5, 0.6) is 5.75 Å². The second-order valence-electron chi connectivity index (χ2n) is 6.07. The molecule has 0 atom stereocenters. The summed E-state index contributed by atoms with van der Waals surface area (Å²) in [5.74, 6) is 0.855. The summed E-state index contributed by atoms with van der Waals surface area (Å²) in [5, 5.41) is 13.1. The van der Waals surface area contributed by atoms with Crippen molar-refractivity contribution in [1.29, 1.82) is 5.26 Å². The highest BCUT2D eigenvalue weighted by Crippen LogP contribution is 2.23. The summed E-state index contributed by atoms with van der Waals surface area (Å²) in [7, 11) is 0. The Morgan fingerprint density at radius 1 is 1.19 bits per heavy atom. The average Bonchev–Trinajstić information content (AvgIpc) is 2.68. The lowest BCUT2D eigenvalue weighted by Crippen LogP contribution is -2.38. The van der Waals surface area contributed by atoms with E-state index < -0.39 is 0 Å². The van der Waals surface area contributed by atoms with Gasteiger partial charge in [-0.1, -0.05) is 29.8 Å². The molecule has 2 aromatic carbocycles. The van der Waals surface area contributed by atoms with Gasteiger partial charge in [0.15, 0.2) is 0 Å². The molecule has 1 N–H and O–H groups in total. The zero-order chi connectivity index (χ0) is 18.2. The third-order valence-electron chi connectivity index (χ3n) is 4.31. The predicted octanol–water partition coefficient (Wildman–Crippen LogP) is 3.53. The molecule has 0 aliphatic carbocycles. The van der Waals surface area contributed by atoms with Crippen molar-refractivity contribution in [2.75, 3.05) is 44.8 Å². The molecule has 0 unspecified atom stereocenters. The maximum absolute atomic E-state index is 9.23. The molecule has 6 heteroatoms. The van der Waals surface area contributed by atoms with Crippen LogP contribution in [0.2, 0.25) is 5.02 Å². The number of para-hydroxylation sites is 1. The highest BCUT2D eigenvalue weighted by molar-refractivity contribution is 6.30. The van der Waals surface area contributed by atoms with Crippen molar-refractivity contribution in [2.24, 2.45) is 0 Å². The van der Waals surface area contributed by atoms with Gasteiger partial charge in [-0.2, -0.15) is 5.26 Å². The third-order valence-corrected chi connectivity index (χ3v) is 4.55. The molecule has 1 fully saturated rings. The van der Waals surface area contributed by atoms with Gasteiger partial charge in [-0.25, -0.2) is 0 Å².